The van der Waals surface area contributed by atoms with Gasteiger partial charge in [-0.05, 0) is 24.1 Å². The molecule has 0 radical (unpaired) electrons. The molecule has 102 valence electrons. The van der Waals surface area contributed by atoms with Gasteiger partial charge >= 0.3 is 0 Å². The monoisotopic (exact) mass is 310 g/mol. The number of sulfone groups is 1. The summed E-state index contributed by atoms with van der Waals surface area (Å²) in [5, 5.41) is 0.492. The molecule has 6 heteroatoms. The van der Waals surface area contributed by atoms with Gasteiger partial charge in [-0.15, -0.1) is 11.6 Å². The van der Waals surface area contributed by atoms with Crippen molar-refractivity contribution in [1.82, 2.24) is 0 Å². The van der Waals surface area contributed by atoms with Crippen molar-refractivity contribution in [3.8, 4) is 5.75 Å². The Labute approximate surface area is 118 Å². The second-order valence-corrected chi connectivity index (χ2v) is 6.98. The van der Waals surface area contributed by atoms with Gasteiger partial charge in [-0.25, -0.2) is 8.42 Å². The number of alkyl halides is 1. The van der Waals surface area contributed by atoms with Crippen LogP contribution in [0.1, 0.15) is 18.9 Å². The topological polar surface area (TPSA) is 43.4 Å². The molecular formula is C12H16Cl2O3S. The summed E-state index contributed by atoms with van der Waals surface area (Å²) in [6.07, 6.45) is 0.462. The molecule has 0 bridgehead atoms. The van der Waals surface area contributed by atoms with Gasteiger partial charge in [0.05, 0.1) is 17.4 Å². The summed E-state index contributed by atoms with van der Waals surface area (Å²) in [6, 6.07) is 5.32. The van der Waals surface area contributed by atoms with E-state index < -0.39 is 9.84 Å². The van der Waals surface area contributed by atoms with E-state index >= 15 is 0 Å². The van der Waals surface area contributed by atoms with Crippen LogP contribution < -0.4 is 4.74 Å². The minimum Gasteiger partial charge on any atom is -0.492 e. The van der Waals surface area contributed by atoms with E-state index in [2.05, 4.69) is 0 Å². The highest BCUT2D eigenvalue weighted by atomic mass is 35.5. The summed E-state index contributed by atoms with van der Waals surface area (Å²) in [5.41, 5.74) is 0.919. The molecule has 0 atom stereocenters. The Morgan fingerprint density at radius 2 is 2.06 bits per heavy atom. The maximum Gasteiger partial charge on any atom is 0.150 e. The summed E-state index contributed by atoms with van der Waals surface area (Å²) in [4.78, 5) is 0. The standard InChI is InChI=1S/C12H16Cl2O3S/c1-2-18(15,16)7-3-6-17-12-5-4-10(9-13)8-11(12)14/h4-5,8H,2-3,6-7,9H2,1H3. The highest BCUT2D eigenvalue weighted by Gasteiger charge is 2.07. The molecule has 0 aliphatic carbocycles. The van der Waals surface area contributed by atoms with E-state index in [9.17, 15) is 8.42 Å². The van der Waals surface area contributed by atoms with E-state index in [1.165, 1.54) is 0 Å². The van der Waals surface area contributed by atoms with Crippen LogP contribution in [0.15, 0.2) is 18.2 Å². The first-order chi connectivity index (χ1) is 8.48. The molecule has 0 spiro atoms. The van der Waals surface area contributed by atoms with Crippen molar-refractivity contribution in [2.24, 2.45) is 0 Å². The normalized spacial score (nSPS) is 11.5. The molecule has 0 amide bonds. The summed E-state index contributed by atoms with van der Waals surface area (Å²) >= 11 is 11.7. The number of rotatable bonds is 7. The number of hydrogen-bond donors (Lipinski definition) is 0. The maximum absolute atomic E-state index is 11.3. The first-order valence-electron chi connectivity index (χ1n) is 5.66. The van der Waals surface area contributed by atoms with Gasteiger partial charge in [-0.3, -0.25) is 0 Å². The largest absolute Gasteiger partial charge is 0.492 e. The van der Waals surface area contributed by atoms with Gasteiger partial charge in [0, 0.05) is 11.6 Å². The van der Waals surface area contributed by atoms with Gasteiger partial charge in [-0.2, -0.15) is 0 Å². The van der Waals surface area contributed by atoms with Crippen LogP contribution in [0.3, 0.4) is 0 Å². The van der Waals surface area contributed by atoms with E-state index in [-0.39, 0.29) is 11.5 Å². The van der Waals surface area contributed by atoms with Gasteiger partial charge in [-0.1, -0.05) is 24.6 Å². The predicted octanol–water partition coefficient (Wildman–Crippen LogP) is 3.28. The third-order valence-electron chi connectivity index (χ3n) is 2.45. The molecule has 0 aliphatic heterocycles. The lowest BCUT2D eigenvalue weighted by Gasteiger charge is -2.08. The van der Waals surface area contributed by atoms with Crippen molar-refractivity contribution in [3.05, 3.63) is 28.8 Å². The first kappa shape index (κ1) is 15.6. The zero-order valence-corrected chi connectivity index (χ0v) is 12.5. The highest BCUT2D eigenvalue weighted by molar-refractivity contribution is 7.91. The number of ether oxygens (including phenoxy) is 1. The van der Waals surface area contributed by atoms with Gasteiger partial charge in [0.15, 0.2) is 0 Å². The second kappa shape index (κ2) is 7.22. The highest BCUT2D eigenvalue weighted by Crippen LogP contribution is 2.26. The average Bonchev–Trinajstić information content (AvgIpc) is 2.36. The number of halogens is 2. The summed E-state index contributed by atoms with van der Waals surface area (Å²) < 4.78 is 28.0. The van der Waals surface area contributed by atoms with Gasteiger partial charge in [0.25, 0.3) is 0 Å². The molecule has 0 unspecified atom stereocenters. The van der Waals surface area contributed by atoms with Crippen LogP contribution >= 0.6 is 23.2 Å². The van der Waals surface area contributed by atoms with Crippen LogP contribution in [0, 0.1) is 0 Å². The summed E-state index contributed by atoms with van der Waals surface area (Å²) in [5.74, 6) is 1.26. The van der Waals surface area contributed by atoms with Crippen molar-refractivity contribution in [2.75, 3.05) is 18.1 Å². The van der Waals surface area contributed by atoms with Gasteiger partial charge in [0.2, 0.25) is 0 Å². The van der Waals surface area contributed by atoms with E-state index in [0.29, 0.717) is 29.7 Å². The fourth-order valence-corrected chi connectivity index (χ4v) is 2.62. The van der Waals surface area contributed by atoms with Crippen LogP contribution in [-0.2, 0) is 15.7 Å². The Hall–Kier alpha value is -0.450. The van der Waals surface area contributed by atoms with Crippen molar-refractivity contribution in [3.63, 3.8) is 0 Å². The van der Waals surface area contributed by atoms with Crippen LogP contribution in [0.5, 0.6) is 5.75 Å². The maximum atomic E-state index is 11.3. The van der Waals surface area contributed by atoms with E-state index in [4.69, 9.17) is 27.9 Å². The molecule has 3 nitrogen and oxygen atoms in total. The molecular weight excluding hydrogens is 295 g/mol. The summed E-state index contributed by atoms with van der Waals surface area (Å²) in [6.45, 7) is 1.97. The summed E-state index contributed by atoms with van der Waals surface area (Å²) in [7, 11) is -2.93. The van der Waals surface area contributed by atoms with Crippen molar-refractivity contribution < 1.29 is 13.2 Å². The molecule has 0 fully saturated rings. The smallest absolute Gasteiger partial charge is 0.150 e. The van der Waals surface area contributed by atoms with E-state index in [1.54, 1.807) is 19.1 Å². The molecule has 1 aromatic rings. The lowest BCUT2D eigenvalue weighted by Crippen LogP contribution is -2.11. The SMILES string of the molecule is CCS(=O)(=O)CCCOc1ccc(CCl)cc1Cl. The zero-order valence-electron chi connectivity index (χ0n) is 10.2. The molecule has 0 N–H and O–H groups in total. The number of benzene rings is 1. The average molecular weight is 311 g/mol. The van der Waals surface area contributed by atoms with Crippen molar-refractivity contribution in [1.29, 1.82) is 0 Å². The molecule has 0 aliphatic rings. The predicted molar refractivity (Wildman–Crippen MR) is 75.4 cm³/mol. The minimum atomic E-state index is -2.93. The lowest BCUT2D eigenvalue weighted by atomic mass is 10.2. The zero-order chi connectivity index (χ0) is 13.6. The first-order valence-corrected chi connectivity index (χ1v) is 8.39. The Morgan fingerprint density at radius 3 is 2.61 bits per heavy atom. The molecule has 0 saturated carbocycles. The van der Waals surface area contributed by atoms with Crippen LogP contribution in [0.25, 0.3) is 0 Å². The van der Waals surface area contributed by atoms with Gasteiger partial charge < -0.3 is 4.74 Å². The molecule has 0 saturated heterocycles. The van der Waals surface area contributed by atoms with Crippen LogP contribution in [0.4, 0.5) is 0 Å². The second-order valence-electron chi connectivity index (χ2n) is 3.84. The minimum absolute atomic E-state index is 0.140. The van der Waals surface area contributed by atoms with Gasteiger partial charge in [0.1, 0.15) is 15.6 Å². The Balaban J connectivity index is 2.45. The third kappa shape index (κ3) is 5.04. The van der Waals surface area contributed by atoms with E-state index in [0.717, 1.165) is 5.56 Å². The molecule has 0 heterocycles. The number of hydrogen-bond acceptors (Lipinski definition) is 3. The van der Waals surface area contributed by atoms with Crippen LogP contribution in [0.2, 0.25) is 5.02 Å². The Kier molecular flexibility index (Phi) is 6.26. The van der Waals surface area contributed by atoms with Crippen molar-refractivity contribution in [2.45, 2.75) is 19.2 Å². The molecule has 1 aromatic carbocycles. The van der Waals surface area contributed by atoms with Crippen LogP contribution in [-0.4, -0.2) is 26.5 Å². The van der Waals surface area contributed by atoms with E-state index in [1.807, 2.05) is 6.07 Å². The fraction of sp³-hybridized carbons (Fsp3) is 0.500. The lowest BCUT2D eigenvalue weighted by molar-refractivity contribution is 0.318. The quantitative estimate of drug-likeness (QED) is 0.573. The Morgan fingerprint density at radius 1 is 1.33 bits per heavy atom. The molecule has 18 heavy (non-hydrogen) atoms. The van der Waals surface area contributed by atoms with Crippen molar-refractivity contribution >= 4 is 33.0 Å². The third-order valence-corrected chi connectivity index (χ3v) is 4.84. The molecule has 0 aromatic heterocycles. The fourth-order valence-electron chi connectivity index (χ4n) is 1.35. The molecule has 1 rings (SSSR count). The Bertz CT molecular complexity index is 486.